The van der Waals surface area contributed by atoms with Crippen molar-refractivity contribution in [3.8, 4) is 0 Å². The van der Waals surface area contributed by atoms with E-state index in [-0.39, 0.29) is 23.0 Å². The standard InChI is InChI=1S/C12H10N4O4S/c17-6-7-5-9(16(19)20)3-4-10(7)21-12-14-13-11(18)15(12)8-1-2-8/h3-6,8H,1-2H2,(H,13,18). The summed E-state index contributed by atoms with van der Waals surface area (Å²) in [6, 6.07) is 4.17. The van der Waals surface area contributed by atoms with E-state index in [1.807, 2.05) is 0 Å². The lowest BCUT2D eigenvalue weighted by Gasteiger charge is -2.05. The number of aldehydes is 1. The number of hydrogen-bond acceptors (Lipinski definition) is 6. The van der Waals surface area contributed by atoms with Gasteiger partial charge in [0.2, 0.25) is 0 Å². The number of aromatic nitrogens is 3. The first-order valence-corrected chi connectivity index (χ1v) is 7.00. The summed E-state index contributed by atoms with van der Waals surface area (Å²) in [6.07, 6.45) is 2.41. The number of nitro groups is 1. The van der Waals surface area contributed by atoms with E-state index >= 15 is 0 Å². The molecular formula is C12H10N4O4S. The fourth-order valence-electron chi connectivity index (χ4n) is 1.95. The van der Waals surface area contributed by atoms with E-state index in [1.165, 1.54) is 18.2 Å². The minimum Gasteiger partial charge on any atom is -0.298 e. The van der Waals surface area contributed by atoms with Gasteiger partial charge in [-0.1, -0.05) is 0 Å². The molecule has 1 heterocycles. The first-order valence-electron chi connectivity index (χ1n) is 6.18. The lowest BCUT2D eigenvalue weighted by Crippen LogP contribution is -2.16. The summed E-state index contributed by atoms with van der Waals surface area (Å²) in [6.45, 7) is 0. The third-order valence-corrected chi connectivity index (χ3v) is 4.18. The number of hydrogen-bond donors (Lipinski definition) is 1. The molecule has 3 rings (SSSR count). The molecule has 0 aliphatic heterocycles. The molecule has 9 heteroatoms. The van der Waals surface area contributed by atoms with Gasteiger partial charge >= 0.3 is 5.69 Å². The van der Waals surface area contributed by atoms with Crippen molar-refractivity contribution in [2.24, 2.45) is 0 Å². The van der Waals surface area contributed by atoms with Gasteiger partial charge in [0, 0.05) is 28.6 Å². The Morgan fingerprint density at radius 2 is 2.24 bits per heavy atom. The van der Waals surface area contributed by atoms with Crippen LogP contribution in [0.4, 0.5) is 5.69 Å². The maximum absolute atomic E-state index is 11.7. The lowest BCUT2D eigenvalue weighted by molar-refractivity contribution is -0.384. The van der Waals surface area contributed by atoms with Gasteiger partial charge in [-0.25, -0.2) is 9.89 Å². The van der Waals surface area contributed by atoms with Crippen LogP contribution in [0.5, 0.6) is 0 Å². The summed E-state index contributed by atoms with van der Waals surface area (Å²) in [4.78, 5) is 33.5. The number of nitro benzene ring substituents is 1. The smallest absolute Gasteiger partial charge is 0.298 e. The second kappa shape index (κ2) is 5.17. The molecule has 1 aromatic heterocycles. The molecule has 21 heavy (non-hydrogen) atoms. The van der Waals surface area contributed by atoms with E-state index in [2.05, 4.69) is 10.2 Å². The van der Waals surface area contributed by atoms with Gasteiger partial charge in [-0.15, -0.1) is 5.10 Å². The number of carbonyl (C=O) groups excluding carboxylic acids is 1. The molecule has 8 nitrogen and oxygen atoms in total. The molecule has 1 aliphatic carbocycles. The number of non-ortho nitro benzene ring substituents is 1. The molecule has 1 aliphatic rings. The monoisotopic (exact) mass is 306 g/mol. The van der Waals surface area contributed by atoms with Crippen molar-refractivity contribution in [1.29, 1.82) is 0 Å². The number of carbonyl (C=O) groups is 1. The zero-order valence-corrected chi connectivity index (χ0v) is 11.5. The molecule has 0 bridgehead atoms. The maximum atomic E-state index is 11.7. The summed E-state index contributed by atoms with van der Waals surface area (Å²) in [5.74, 6) is 0. The fourth-order valence-corrected chi connectivity index (χ4v) is 2.93. The topological polar surface area (TPSA) is 111 Å². The summed E-state index contributed by atoms with van der Waals surface area (Å²) in [5.41, 5.74) is -0.232. The number of aromatic amines is 1. The molecule has 0 radical (unpaired) electrons. The first kappa shape index (κ1) is 13.6. The highest BCUT2D eigenvalue weighted by molar-refractivity contribution is 7.99. The van der Waals surface area contributed by atoms with Crippen LogP contribution >= 0.6 is 11.8 Å². The molecule has 0 amide bonds. The Balaban J connectivity index is 1.96. The van der Waals surface area contributed by atoms with E-state index in [9.17, 15) is 19.7 Å². The molecule has 0 unspecified atom stereocenters. The van der Waals surface area contributed by atoms with Crippen molar-refractivity contribution in [1.82, 2.24) is 14.8 Å². The quantitative estimate of drug-likeness (QED) is 0.512. The third-order valence-electron chi connectivity index (χ3n) is 3.12. The Hall–Kier alpha value is -2.42. The molecule has 0 spiro atoms. The van der Waals surface area contributed by atoms with E-state index in [1.54, 1.807) is 4.57 Å². The number of nitrogens with zero attached hydrogens (tertiary/aromatic N) is 3. The molecule has 0 atom stereocenters. The summed E-state index contributed by atoms with van der Waals surface area (Å²) in [5, 5.41) is 17.5. The predicted molar refractivity (Wildman–Crippen MR) is 73.7 cm³/mol. The van der Waals surface area contributed by atoms with Crippen LogP contribution < -0.4 is 5.69 Å². The van der Waals surface area contributed by atoms with Gasteiger partial charge in [0.05, 0.1) is 4.92 Å². The van der Waals surface area contributed by atoms with E-state index in [4.69, 9.17) is 0 Å². The van der Waals surface area contributed by atoms with Crippen LogP contribution in [-0.4, -0.2) is 26.0 Å². The highest BCUT2D eigenvalue weighted by atomic mass is 32.2. The van der Waals surface area contributed by atoms with E-state index < -0.39 is 4.92 Å². The SMILES string of the molecule is O=Cc1cc([N+](=O)[O-])ccc1Sc1n[nH]c(=O)n1C1CC1. The third kappa shape index (κ3) is 2.59. The summed E-state index contributed by atoms with van der Waals surface area (Å²) < 4.78 is 1.56. The highest BCUT2D eigenvalue weighted by Gasteiger charge is 2.29. The number of rotatable bonds is 5. The van der Waals surface area contributed by atoms with Crippen LogP contribution in [0, 0.1) is 10.1 Å². The zero-order valence-electron chi connectivity index (χ0n) is 10.7. The second-order valence-electron chi connectivity index (χ2n) is 4.61. The second-order valence-corrected chi connectivity index (χ2v) is 5.62. The van der Waals surface area contributed by atoms with Crippen LogP contribution in [-0.2, 0) is 0 Å². The van der Waals surface area contributed by atoms with Crippen molar-refractivity contribution >= 4 is 23.7 Å². The molecule has 108 valence electrons. The molecular weight excluding hydrogens is 296 g/mol. The van der Waals surface area contributed by atoms with Crippen molar-refractivity contribution < 1.29 is 9.72 Å². The Bertz CT molecular complexity index is 778. The van der Waals surface area contributed by atoms with Crippen LogP contribution in [0.1, 0.15) is 29.2 Å². The molecule has 1 fully saturated rings. The van der Waals surface area contributed by atoms with Gasteiger partial charge in [0.25, 0.3) is 5.69 Å². The van der Waals surface area contributed by atoms with Gasteiger partial charge in [0.1, 0.15) is 0 Å². The molecule has 1 saturated carbocycles. The van der Waals surface area contributed by atoms with Gasteiger partial charge < -0.3 is 0 Å². The predicted octanol–water partition coefficient (Wildman–Crippen LogP) is 1.78. The van der Waals surface area contributed by atoms with Gasteiger partial charge in [-0.2, -0.15) is 0 Å². The van der Waals surface area contributed by atoms with Crippen LogP contribution in [0.3, 0.4) is 0 Å². The van der Waals surface area contributed by atoms with Crippen molar-refractivity contribution in [2.45, 2.75) is 28.9 Å². The molecule has 1 aromatic carbocycles. The van der Waals surface area contributed by atoms with Gasteiger partial charge in [-0.3, -0.25) is 19.5 Å². The van der Waals surface area contributed by atoms with Gasteiger partial charge in [-0.05, 0) is 30.7 Å². The summed E-state index contributed by atoms with van der Waals surface area (Å²) >= 11 is 1.14. The van der Waals surface area contributed by atoms with Crippen LogP contribution in [0.2, 0.25) is 0 Å². The normalized spacial score (nSPS) is 14.1. The van der Waals surface area contributed by atoms with Gasteiger partial charge in [0.15, 0.2) is 11.4 Å². The molecule has 2 aromatic rings. The van der Waals surface area contributed by atoms with E-state index in [0.29, 0.717) is 16.3 Å². The lowest BCUT2D eigenvalue weighted by atomic mass is 10.2. The minimum atomic E-state index is -0.559. The summed E-state index contributed by atoms with van der Waals surface area (Å²) in [7, 11) is 0. The average Bonchev–Trinajstić information content (AvgIpc) is 3.24. The largest absolute Gasteiger partial charge is 0.344 e. The maximum Gasteiger partial charge on any atom is 0.344 e. The van der Waals surface area contributed by atoms with Crippen LogP contribution in [0.15, 0.2) is 33.0 Å². The van der Waals surface area contributed by atoms with E-state index in [0.717, 1.165) is 24.6 Å². The Morgan fingerprint density at radius 3 is 2.86 bits per heavy atom. The zero-order chi connectivity index (χ0) is 15.0. The Labute approximate surface area is 122 Å². The number of nitrogens with one attached hydrogen (secondary N) is 1. The highest BCUT2D eigenvalue weighted by Crippen LogP contribution is 2.38. The van der Waals surface area contributed by atoms with Crippen LogP contribution in [0.25, 0.3) is 0 Å². The van der Waals surface area contributed by atoms with Crippen molar-refractivity contribution in [3.63, 3.8) is 0 Å². The van der Waals surface area contributed by atoms with Crippen molar-refractivity contribution in [3.05, 3.63) is 44.4 Å². The molecule has 0 saturated heterocycles. The average molecular weight is 306 g/mol. The van der Waals surface area contributed by atoms with Crippen molar-refractivity contribution in [2.75, 3.05) is 0 Å². The number of benzene rings is 1. The Kier molecular flexibility index (Phi) is 3.34. The minimum absolute atomic E-state index is 0.150. The number of H-pyrrole nitrogens is 1. The fraction of sp³-hybridized carbons (Fsp3) is 0.250. The first-order chi connectivity index (χ1) is 10.1. The molecule has 1 N–H and O–H groups in total. The Morgan fingerprint density at radius 1 is 1.48 bits per heavy atom.